The molecule has 0 heterocycles. The van der Waals surface area contributed by atoms with Crippen molar-refractivity contribution in [1.29, 1.82) is 0 Å². The first-order valence-electron chi connectivity index (χ1n) is 8.83. The van der Waals surface area contributed by atoms with E-state index < -0.39 is 17.6 Å². The molecule has 0 fully saturated rings. The van der Waals surface area contributed by atoms with E-state index in [4.69, 9.17) is 15.2 Å². The topological polar surface area (TPSA) is 90.6 Å². The molecule has 2 amide bonds. The molecular formula is C22H18BrFN2O4. The first-order valence-corrected chi connectivity index (χ1v) is 9.62. The van der Waals surface area contributed by atoms with Crippen LogP contribution in [0.2, 0.25) is 0 Å². The van der Waals surface area contributed by atoms with Crippen LogP contribution in [0.4, 0.5) is 10.1 Å². The van der Waals surface area contributed by atoms with Crippen molar-refractivity contribution < 1.29 is 23.5 Å². The quantitative estimate of drug-likeness (QED) is 0.528. The normalized spacial score (nSPS) is 10.4. The molecule has 3 N–H and O–H groups in total. The minimum absolute atomic E-state index is 0.0842. The number of carbonyl (C=O) groups is 2. The molecule has 3 aromatic carbocycles. The molecule has 0 aliphatic heterocycles. The second-order valence-corrected chi connectivity index (χ2v) is 7.21. The number of benzene rings is 3. The fourth-order valence-corrected chi connectivity index (χ4v) is 2.90. The highest BCUT2D eigenvalue weighted by molar-refractivity contribution is 9.10. The number of amides is 2. The van der Waals surface area contributed by atoms with Crippen molar-refractivity contribution in [3.8, 4) is 11.5 Å². The van der Waals surface area contributed by atoms with Gasteiger partial charge in [0.05, 0.1) is 12.8 Å². The van der Waals surface area contributed by atoms with Crippen molar-refractivity contribution in [3.05, 3.63) is 87.6 Å². The molecule has 3 aromatic rings. The number of anilines is 1. The largest absolute Gasteiger partial charge is 0.493 e. The van der Waals surface area contributed by atoms with Gasteiger partial charge < -0.3 is 20.5 Å². The van der Waals surface area contributed by atoms with Gasteiger partial charge in [-0.25, -0.2) is 4.39 Å². The van der Waals surface area contributed by atoms with Crippen molar-refractivity contribution in [3.63, 3.8) is 0 Å². The van der Waals surface area contributed by atoms with Crippen LogP contribution in [0, 0.1) is 5.82 Å². The van der Waals surface area contributed by atoms with Gasteiger partial charge in [-0.05, 0) is 54.1 Å². The molecule has 0 atom stereocenters. The van der Waals surface area contributed by atoms with Gasteiger partial charge in [0.25, 0.3) is 5.91 Å². The Morgan fingerprint density at radius 3 is 2.37 bits per heavy atom. The maximum Gasteiger partial charge on any atom is 0.255 e. The highest BCUT2D eigenvalue weighted by Gasteiger charge is 2.15. The van der Waals surface area contributed by atoms with Crippen molar-refractivity contribution in [2.75, 3.05) is 12.4 Å². The number of carbonyl (C=O) groups excluding carboxylic acids is 2. The standard InChI is InChI=1S/C22H18BrFN2O4/c1-29-20-11-15(5-9-19(20)30-12-13-2-6-16(23)7-3-13)22(28)26-18-10-14(21(25)27)4-8-17(18)24/h2-11H,12H2,1H3,(H2,25,27)(H,26,28). The molecule has 0 aromatic heterocycles. The molecule has 0 bridgehead atoms. The Bertz CT molecular complexity index is 1090. The third-order valence-corrected chi connectivity index (χ3v) is 4.76. The van der Waals surface area contributed by atoms with E-state index in [0.717, 1.165) is 16.1 Å². The highest BCUT2D eigenvalue weighted by Crippen LogP contribution is 2.29. The van der Waals surface area contributed by atoms with Crippen LogP contribution in [-0.4, -0.2) is 18.9 Å². The number of hydrogen-bond acceptors (Lipinski definition) is 4. The summed E-state index contributed by atoms with van der Waals surface area (Å²) in [6.45, 7) is 0.320. The summed E-state index contributed by atoms with van der Waals surface area (Å²) < 4.78 is 26.1. The highest BCUT2D eigenvalue weighted by atomic mass is 79.9. The van der Waals surface area contributed by atoms with E-state index >= 15 is 0 Å². The second kappa shape index (κ2) is 9.41. The maximum absolute atomic E-state index is 14.0. The summed E-state index contributed by atoms with van der Waals surface area (Å²) in [7, 11) is 1.46. The van der Waals surface area contributed by atoms with Gasteiger partial charge >= 0.3 is 0 Å². The van der Waals surface area contributed by atoms with E-state index in [1.54, 1.807) is 6.07 Å². The minimum Gasteiger partial charge on any atom is -0.493 e. The predicted octanol–water partition coefficient (Wildman–Crippen LogP) is 4.53. The molecule has 0 saturated heterocycles. The molecular weight excluding hydrogens is 455 g/mol. The number of nitrogens with one attached hydrogen (secondary N) is 1. The predicted molar refractivity (Wildman–Crippen MR) is 114 cm³/mol. The molecule has 0 aliphatic carbocycles. The van der Waals surface area contributed by atoms with Gasteiger partial charge in [0.1, 0.15) is 12.4 Å². The zero-order valence-corrected chi connectivity index (χ0v) is 17.5. The Hall–Kier alpha value is -3.39. The number of primary amides is 1. The summed E-state index contributed by atoms with van der Waals surface area (Å²) in [6, 6.07) is 15.8. The molecule has 0 aliphatic rings. The van der Waals surface area contributed by atoms with Gasteiger partial charge in [0.2, 0.25) is 5.91 Å². The third kappa shape index (κ3) is 5.15. The Morgan fingerprint density at radius 2 is 1.70 bits per heavy atom. The van der Waals surface area contributed by atoms with Crippen molar-refractivity contribution in [2.24, 2.45) is 5.73 Å². The first-order chi connectivity index (χ1) is 14.4. The van der Waals surface area contributed by atoms with E-state index in [1.807, 2.05) is 24.3 Å². The van der Waals surface area contributed by atoms with E-state index in [9.17, 15) is 14.0 Å². The number of halogens is 2. The van der Waals surface area contributed by atoms with E-state index in [0.29, 0.717) is 18.1 Å². The molecule has 3 rings (SSSR count). The van der Waals surface area contributed by atoms with Crippen LogP contribution in [0.3, 0.4) is 0 Å². The monoisotopic (exact) mass is 472 g/mol. The van der Waals surface area contributed by atoms with Gasteiger partial charge in [0, 0.05) is 15.6 Å². The molecule has 0 radical (unpaired) electrons. The van der Waals surface area contributed by atoms with Crippen molar-refractivity contribution in [2.45, 2.75) is 6.61 Å². The van der Waals surface area contributed by atoms with Crippen LogP contribution in [0.15, 0.2) is 65.1 Å². The molecule has 0 unspecified atom stereocenters. The maximum atomic E-state index is 14.0. The summed E-state index contributed by atoms with van der Waals surface area (Å²) in [5.74, 6) is -1.17. The average molecular weight is 473 g/mol. The molecule has 154 valence electrons. The number of ether oxygens (including phenoxy) is 2. The van der Waals surface area contributed by atoms with Gasteiger partial charge in [-0.1, -0.05) is 28.1 Å². The van der Waals surface area contributed by atoms with Crippen molar-refractivity contribution >= 4 is 33.4 Å². The van der Waals surface area contributed by atoms with Crippen molar-refractivity contribution in [1.82, 2.24) is 0 Å². The SMILES string of the molecule is COc1cc(C(=O)Nc2cc(C(N)=O)ccc2F)ccc1OCc1ccc(Br)cc1. The second-order valence-electron chi connectivity index (χ2n) is 6.29. The number of rotatable bonds is 7. The molecule has 6 nitrogen and oxygen atoms in total. The zero-order chi connectivity index (χ0) is 21.7. The lowest BCUT2D eigenvalue weighted by Gasteiger charge is -2.13. The Balaban J connectivity index is 1.75. The van der Waals surface area contributed by atoms with Crippen LogP contribution in [0.5, 0.6) is 11.5 Å². The first kappa shape index (κ1) is 21.3. The van der Waals surface area contributed by atoms with Gasteiger partial charge in [0.15, 0.2) is 11.5 Å². The van der Waals surface area contributed by atoms with Crippen LogP contribution >= 0.6 is 15.9 Å². The molecule has 8 heteroatoms. The summed E-state index contributed by atoms with van der Waals surface area (Å²) in [4.78, 5) is 23.8. The summed E-state index contributed by atoms with van der Waals surface area (Å²) in [6.07, 6.45) is 0. The van der Waals surface area contributed by atoms with E-state index in [-0.39, 0.29) is 16.8 Å². The third-order valence-electron chi connectivity index (χ3n) is 4.23. The molecule has 0 spiro atoms. The summed E-state index contributed by atoms with van der Waals surface area (Å²) in [5, 5.41) is 2.43. The van der Waals surface area contributed by atoms with Gasteiger partial charge in [-0.15, -0.1) is 0 Å². The van der Waals surface area contributed by atoms with Gasteiger partial charge in [-0.2, -0.15) is 0 Å². The fraction of sp³-hybridized carbons (Fsp3) is 0.0909. The number of methoxy groups -OCH3 is 1. The average Bonchev–Trinajstić information content (AvgIpc) is 2.74. The summed E-state index contributed by atoms with van der Waals surface area (Å²) >= 11 is 3.38. The lowest BCUT2D eigenvalue weighted by molar-refractivity contribution is 0.0996. The fourth-order valence-electron chi connectivity index (χ4n) is 2.64. The van der Waals surface area contributed by atoms with E-state index in [1.165, 1.54) is 31.4 Å². The Labute approximate surface area is 180 Å². The van der Waals surface area contributed by atoms with Crippen LogP contribution < -0.4 is 20.5 Å². The minimum atomic E-state index is -0.723. The lowest BCUT2D eigenvalue weighted by Crippen LogP contribution is -2.15. The zero-order valence-electron chi connectivity index (χ0n) is 15.9. The Kier molecular flexibility index (Phi) is 6.68. The summed E-state index contributed by atoms with van der Waals surface area (Å²) in [5.41, 5.74) is 6.33. The van der Waals surface area contributed by atoms with Crippen LogP contribution in [-0.2, 0) is 6.61 Å². The number of hydrogen-bond donors (Lipinski definition) is 2. The smallest absolute Gasteiger partial charge is 0.255 e. The lowest BCUT2D eigenvalue weighted by atomic mass is 10.1. The van der Waals surface area contributed by atoms with E-state index in [2.05, 4.69) is 21.2 Å². The number of nitrogens with two attached hydrogens (primary N) is 1. The molecule has 30 heavy (non-hydrogen) atoms. The Morgan fingerprint density at radius 1 is 1.00 bits per heavy atom. The molecule has 0 saturated carbocycles. The van der Waals surface area contributed by atoms with Crippen LogP contribution in [0.1, 0.15) is 26.3 Å². The van der Waals surface area contributed by atoms with Gasteiger partial charge in [-0.3, -0.25) is 9.59 Å². The van der Waals surface area contributed by atoms with Crippen LogP contribution in [0.25, 0.3) is 0 Å².